The number of carbonyl (C=O) groups is 6. The highest BCUT2D eigenvalue weighted by Gasteiger charge is 2.60. The van der Waals surface area contributed by atoms with Crippen LogP contribution < -0.4 is 5.32 Å². The van der Waals surface area contributed by atoms with Gasteiger partial charge in [0.25, 0.3) is 5.79 Å². The molecule has 0 bridgehead atoms. The van der Waals surface area contributed by atoms with E-state index in [4.69, 9.17) is 33.2 Å². The third-order valence-electron chi connectivity index (χ3n) is 5.87. The van der Waals surface area contributed by atoms with Crippen molar-refractivity contribution in [2.75, 3.05) is 20.3 Å². The van der Waals surface area contributed by atoms with Crippen molar-refractivity contribution in [2.45, 2.75) is 102 Å². The molecule has 1 amide bonds. The van der Waals surface area contributed by atoms with E-state index in [1.54, 1.807) is 5.32 Å². The summed E-state index contributed by atoms with van der Waals surface area (Å²) in [7, 11) is -0.846. The van der Waals surface area contributed by atoms with E-state index in [0.29, 0.717) is 6.04 Å². The van der Waals surface area contributed by atoms with E-state index in [1.807, 2.05) is 19.6 Å². The Morgan fingerprint density at radius 2 is 1.53 bits per heavy atom. The van der Waals surface area contributed by atoms with E-state index < -0.39 is 99.3 Å². The van der Waals surface area contributed by atoms with Crippen LogP contribution in [0.25, 0.3) is 0 Å². The molecule has 1 N–H and O–H groups in total. The van der Waals surface area contributed by atoms with Gasteiger partial charge in [-0.15, -0.1) is 0 Å². The van der Waals surface area contributed by atoms with Crippen LogP contribution in [0.15, 0.2) is 0 Å². The molecule has 0 aromatic heterocycles. The normalized spacial score (nSPS) is 23.7. The minimum atomic E-state index is -5.44. The van der Waals surface area contributed by atoms with Gasteiger partial charge in [-0.05, 0) is 6.04 Å². The third-order valence-corrected chi connectivity index (χ3v) is 7.57. The molecule has 1 saturated heterocycles. The number of amides is 1. The van der Waals surface area contributed by atoms with Gasteiger partial charge in [-0.1, -0.05) is 19.6 Å². The van der Waals surface area contributed by atoms with E-state index in [-0.39, 0.29) is 6.61 Å². The Morgan fingerprint density at radius 3 is 1.98 bits per heavy atom. The van der Waals surface area contributed by atoms with E-state index in [0.717, 1.165) is 34.8 Å². The first-order valence-corrected chi connectivity index (χ1v) is 16.8. The van der Waals surface area contributed by atoms with Crippen molar-refractivity contribution >= 4 is 43.8 Å². The SMILES string of the molecule is COC(=O)[C@@]1(OCC[Si](C)(C)C)C[C@H](OC(C)=O)[C@@H](NC(=O)C(F)(F)F)[C@H]([C@H](OC(C)=O)[C@@H](COC(C)=O)OC(C)=O)O1. The van der Waals surface area contributed by atoms with Crippen molar-refractivity contribution in [3.05, 3.63) is 0 Å². The van der Waals surface area contributed by atoms with Crippen molar-refractivity contribution in [3.8, 4) is 0 Å². The summed E-state index contributed by atoms with van der Waals surface area (Å²) in [6, 6.07) is -1.53. The van der Waals surface area contributed by atoms with Gasteiger partial charge in [-0.2, -0.15) is 13.2 Å². The number of methoxy groups -OCH3 is 1. The number of hydrogen-bond acceptors (Lipinski definition) is 13. The Bertz CT molecular complexity index is 1050. The zero-order chi connectivity index (χ0) is 33.3. The van der Waals surface area contributed by atoms with Crippen molar-refractivity contribution in [1.82, 2.24) is 5.32 Å². The van der Waals surface area contributed by atoms with Crippen LogP contribution in [0.1, 0.15) is 34.1 Å². The molecular formula is C25H38F3NO13Si. The van der Waals surface area contributed by atoms with E-state index in [1.165, 1.54) is 0 Å². The minimum absolute atomic E-state index is 0.122. The summed E-state index contributed by atoms with van der Waals surface area (Å²) >= 11 is 0. The lowest BCUT2D eigenvalue weighted by Crippen LogP contribution is -2.70. The van der Waals surface area contributed by atoms with Crippen LogP contribution in [-0.4, -0.2) is 107 Å². The van der Waals surface area contributed by atoms with Crippen LogP contribution in [0.3, 0.4) is 0 Å². The monoisotopic (exact) mass is 645 g/mol. The Morgan fingerprint density at radius 1 is 0.953 bits per heavy atom. The predicted molar refractivity (Wildman–Crippen MR) is 140 cm³/mol. The fourth-order valence-electron chi connectivity index (χ4n) is 4.07. The molecule has 0 saturated carbocycles. The molecule has 1 aliphatic rings. The lowest BCUT2D eigenvalue weighted by molar-refractivity contribution is -0.313. The quantitative estimate of drug-likeness (QED) is 0.173. The summed E-state index contributed by atoms with van der Waals surface area (Å²) in [5, 5.41) is 1.66. The summed E-state index contributed by atoms with van der Waals surface area (Å²) in [6.45, 7) is 8.82. The van der Waals surface area contributed by atoms with E-state index >= 15 is 0 Å². The Balaban J connectivity index is 3.93. The molecule has 0 radical (unpaired) electrons. The van der Waals surface area contributed by atoms with Gasteiger partial charge < -0.3 is 38.5 Å². The fraction of sp³-hybridized carbons (Fsp3) is 0.760. The highest BCUT2D eigenvalue weighted by Crippen LogP contribution is 2.38. The third kappa shape index (κ3) is 12.1. The molecule has 246 valence electrons. The van der Waals surface area contributed by atoms with Gasteiger partial charge in [0.15, 0.2) is 12.2 Å². The maximum absolute atomic E-state index is 13.4. The second-order valence-electron chi connectivity index (χ2n) is 10.9. The van der Waals surface area contributed by atoms with Gasteiger partial charge in [0.1, 0.15) is 18.8 Å². The molecule has 1 rings (SSSR count). The standard InChI is InChI=1S/C25H38F3NO13Si/c1-13(30)37-12-18(40-15(3)32)20(41-16(4)33)21-19(29-22(34)25(26,27)28)17(39-14(2)31)11-24(42-21,23(35)36-5)38-9-10-43(6,7)8/h17-21H,9-12H2,1-8H3,(H,29,34)/t17-,18+,19+,20+,21+,24+/m0/s1. The number of rotatable bonds is 13. The van der Waals surface area contributed by atoms with Crippen LogP contribution in [0, 0.1) is 0 Å². The first-order chi connectivity index (χ1) is 19.6. The number of carbonyl (C=O) groups excluding carboxylic acids is 6. The molecular weight excluding hydrogens is 607 g/mol. The average molecular weight is 646 g/mol. The molecule has 43 heavy (non-hydrogen) atoms. The second kappa shape index (κ2) is 15.5. The first kappa shape index (κ1) is 37.8. The van der Waals surface area contributed by atoms with Crippen molar-refractivity contribution in [2.24, 2.45) is 0 Å². The van der Waals surface area contributed by atoms with Gasteiger partial charge in [-0.3, -0.25) is 24.0 Å². The lowest BCUT2D eigenvalue weighted by Gasteiger charge is -2.48. The number of ether oxygens (including phenoxy) is 7. The maximum atomic E-state index is 13.4. The molecule has 1 fully saturated rings. The zero-order valence-electron chi connectivity index (χ0n) is 25.2. The van der Waals surface area contributed by atoms with Crippen LogP contribution in [-0.2, 0) is 61.9 Å². The molecule has 6 atom stereocenters. The van der Waals surface area contributed by atoms with Gasteiger partial charge in [0, 0.05) is 42.4 Å². The number of hydrogen-bond donors (Lipinski definition) is 1. The van der Waals surface area contributed by atoms with Crippen LogP contribution in [0.4, 0.5) is 13.2 Å². The number of esters is 5. The molecule has 1 aliphatic heterocycles. The Kier molecular flexibility index (Phi) is 13.6. The first-order valence-electron chi connectivity index (χ1n) is 13.0. The smallest absolute Gasteiger partial charge is 0.465 e. The summed E-state index contributed by atoms with van der Waals surface area (Å²) < 4.78 is 77.5. The molecule has 0 aromatic carbocycles. The van der Waals surface area contributed by atoms with Crippen LogP contribution in [0.2, 0.25) is 25.7 Å². The molecule has 0 spiro atoms. The van der Waals surface area contributed by atoms with E-state index in [9.17, 15) is 41.9 Å². The van der Waals surface area contributed by atoms with Gasteiger partial charge >= 0.3 is 41.9 Å². The Hall–Kier alpha value is -3.25. The van der Waals surface area contributed by atoms with Gasteiger partial charge in [0.05, 0.1) is 19.6 Å². The summed E-state index contributed by atoms with van der Waals surface area (Å²) in [5.74, 6) is -10.1. The van der Waals surface area contributed by atoms with Crippen LogP contribution in [0.5, 0.6) is 0 Å². The van der Waals surface area contributed by atoms with Crippen molar-refractivity contribution in [1.29, 1.82) is 0 Å². The summed E-state index contributed by atoms with van der Waals surface area (Å²) in [5.41, 5.74) is 0. The molecule has 18 heteroatoms. The lowest BCUT2D eigenvalue weighted by atomic mass is 9.88. The van der Waals surface area contributed by atoms with Crippen molar-refractivity contribution < 1.29 is 75.1 Å². The largest absolute Gasteiger partial charge is 0.471 e. The van der Waals surface area contributed by atoms with E-state index in [2.05, 4.69) is 0 Å². The van der Waals surface area contributed by atoms with Gasteiger partial charge in [0.2, 0.25) is 0 Å². The van der Waals surface area contributed by atoms with Crippen LogP contribution >= 0.6 is 0 Å². The highest BCUT2D eigenvalue weighted by molar-refractivity contribution is 6.76. The number of nitrogens with one attached hydrogen (secondary N) is 1. The molecule has 0 aromatic rings. The zero-order valence-corrected chi connectivity index (χ0v) is 26.2. The minimum Gasteiger partial charge on any atom is -0.465 e. The predicted octanol–water partition coefficient (Wildman–Crippen LogP) is 1.40. The average Bonchev–Trinajstić information content (AvgIpc) is 2.83. The maximum Gasteiger partial charge on any atom is 0.471 e. The fourth-order valence-corrected chi connectivity index (χ4v) is 4.78. The second-order valence-corrected chi connectivity index (χ2v) is 16.5. The topological polar surface area (TPSA) is 179 Å². The number of alkyl halides is 3. The molecule has 0 unspecified atom stereocenters. The summed E-state index contributed by atoms with van der Waals surface area (Å²) in [6.07, 6.45) is -13.8. The van der Waals surface area contributed by atoms with Crippen molar-refractivity contribution in [3.63, 3.8) is 0 Å². The Labute approximate surface area is 247 Å². The summed E-state index contributed by atoms with van der Waals surface area (Å²) in [4.78, 5) is 73.1. The molecule has 0 aliphatic carbocycles. The molecule has 1 heterocycles. The highest BCUT2D eigenvalue weighted by atomic mass is 28.3. The molecule has 14 nitrogen and oxygen atoms in total. The number of halogens is 3. The van der Waals surface area contributed by atoms with Gasteiger partial charge in [-0.25, -0.2) is 4.79 Å².